The summed E-state index contributed by atoms with van der Waals surface area (Å²) in [7, 11) is 0. The maximum Gasteiger partial charge on any atom is 0.0361 e. The number of hydrogen-bond donors (Lipinski definition) is 0. The molecule has 0 atom stereocenters. The molecule has 1 heterocycles. The van der Waals surface area contributed by atoms with Gasteiger partial charge in [0.15, 0.2) is 0 Å². The first-order chi connectivity index (χ1) is 20.0. The Hall–Kier alpha value is -4.46. The van der Waals surface area contributed by atoms with E-state index in [9.17, 15) is 0 Å². The summed E-state index contributed by atoms with van der Waals surface area (Å²) >= 11 is 1.89. The highest BCUT2D eigenvalue weighted by Crippen LogP contribution is 2.51. The fraction of sp³-hybridized carbons (Fsp3) is 0.100. The van der Waals surface area contributed by atoms with Crippen molar-refractivity contribution < 1.29 is 0 Å². The van der Waals surface area contributed by atoms with Crippen LogP contribution in [-0.4, -0.2) is 0 Å². The van der Waals surface area contributed by atoms with E-state index in [1.54, 1.807) is 0 Å². The van der Waals surface area contributed by atoms with E-state index in [1.165, 1.54) is 81.4 Å². The van der Waals surface area contributed by atoms with Gasteiger partial charge in [-0.25, -0.2) is 0 Å². The average Bonchev–Trinajstić information content (AvgIpc) is 3.49. The molecule has 41 heavy (non-hydrogen) atoms. The predicted molar refractivity (Wildman–Crippen MR) is 178 cm³/mol. The Morgan fingerprint density at radius 1 is 0.439 bits per heavy atom. The molecule has 1 aromatic heterocycles. The Morgan fingerprint density at radius 3 is 1.56 bits per heavy atom. The Labute approximate surface area is 245 Å². The Kier molecular flexibility index (Phi) is 5.36. The van der Waals surface area contributed by atoms with Crippen LogP contribution >= 0.6 is 11.3 Å². The monoisotopic (exact) mass is 542 g/mol. The zero-order chi connectivity index (χ0) is 27.7. The molecule has 0 saturated carbocycles. The van der Waals surface area contributed by atoms with Crippen molar-refractivity contribution in [3.63, 3.8) is 0 Å². The topological polar surface area (TPSA) is 0 Å². The molecule has 0 fully saturated rings. The van der Waals surface area contributed by atoms with Gasteiger partial charge in [-0.2, -0.15) is 0 Å². The number of benzene rings is 6. The predicted octanol–water partition coefficient (Wildman–Crippen LogP) is 11.7. The van der Waals surface area contributed by atoms with Gasteiger partial charge in [-0.05, 0) is 86.8 Å². The van der Waals surface area contributed by atoms with Gasteiger partial charge >= 0.3 is 0 Å². The van der Waals surface area contributed by atoms with Crippen molar-refractivity contribution in [2.24, 2.45) is 0 Å². The second-order valence-corrected chi connectivity index (χ2v) is 13.0. The largest absolute Gasteiger partial charge is 0.135 e. The van der Waals surface area contributed by atoms with Crippen molar-refractivity contribution in [2.75, 3.05) is 0 Å². The van der Waals surface area contributed by atoms with Gasteiger partial charge in [-0.3, -0.25) is 0 Å². The molecule has 0 saturated heterocycles. The van der Waals surface area contributed by atoms with Crippen molar-refractivity contribution in [1.29, 1.82) is 0 Å². The quantitative estimate of drug-likeness (QED) is 0.208. The molecule has 1 heteroatoms. The molecule has 1 aliphatic carbocycles. The summed E-state index contributed by atoms with van der Waals surface area (Å²) in [5, 5.41) is 2.70. The molecule has 8 rings (SSSR count). The van der Waals surface area contributed by atoms with E-state index in [4.69, 9.17) is 0 Å². The lowest BCUT2D eigenvalue weighted by Crippen LogP contribution is -2.15. The summed E-state index contributed by atoms with van der Waals surface area (Å²) in [6.07, 6.45) is 0. The van der Waals surface area contributed by atoms with Crippen LogP contribution in [0.25, 0.3) is 64.7 Å². The SMILES string of the molecule is Cc1ccc(-c2ccc(-c3ccc4c(c3)C(C)(C)c3cc(-c5ccc6c(c5)sc5ccccc56)ccc3-4)cc2)cc1. The molecular weight excluding hydrogens is 513 g/mol. The van der Waals surface area contributed by atoms with Crippen LogP contribution in [0.4, 0.5) is 0 Å². The highest BCUT2D eigenvalue weighted by atomic mass is 32.1. The molecule has 0 nitrogen and oxygen atoms in total. The van der Waals surface area contributed by atoms with E-state index in [-0.39, 0.29) is 5.41 Å². The second kappa shape index (κ2) is 9.03. The molecule has 0 amide bonds. The van der Waals surface area contributed by atoms with E-state index in [0.29, 0.717) is 0 Å². The maximum atomic E-state index is 2.43. The molecular formula is C40H30S. The fourth-order valence-electron chi connectivity index (χ4n) is 6.60. The van der Waals surface area contributed by atoms with Crippen LogP contribution in [0.2, 0.25) is 0 Å². The number of aryl methyl sites for hydroxylation is 1. The normalized spacial score (nSPS) is 13.4. The van der Waals surface area contributed by atoms with E-state index >= 15 is 0 Å². The Bertz CT molecular complexity index is 2100. The third kappa shape index (κ3) is 3.88. The maximum absolute atomic E-state index is 2.43. The highest BCUT2D eigenvalue weighted by Gasteiger charge is 2.35. The second-order valence-electron chi connectivity index (χ2n) is 11.9. The summed E-state index contributed by atoms with van der Waals surface area (Å²) < 4.78 is 2.70. The average molecular weight is 543 g/mol. The molecule has 196 valence electrons. The van der Waals surface area contributed by atoms with Gasteiger partial charge in [0.05, 0.1) is 0 Å². The summed E-state index contributed by atoms with van der Waals surface area (Å²) in [6.45, 7) is 6.88. The lowest BCUT2D eigenvalue weighted by atomic mass is 9.81. The first-order valence-corrected chi connectivity index (χ1v) is 15.2. The van der Waals surface area contributed by atoms with Crippen LogP contribution in [0.3, 0.4) is 0 Å². The van der Waals surface area contributed by atoms with Gasteiger partial charge in [-0.1, -0.05) is 123 Å². The minimum atomic E-state index is -0.0692. The molecule has 0 radical (unpaired) electrons. The summed E-state index contributed by atoms with van der Waals surface area (Å²) in [6, 6.07) is 47.5. The standard InChI is InChI=1S/C40H30S/c1-25-8-10-26(11-9-25)27-12-14-28(15-13-27)29-16-19-32-33-20-17-30(23-37(33)40(2,3)36(32)22-29)31-18-21-35-34-6-4-5-7-38(34)41-39(35)24-31/h4-24H,1-3H3. The van der Waals surface area contributed by atoms with Gasteiger partial charge in [0.25, 0.3) is 0 Å². The van der Waals surface area contributed by atoms with Gasteiger partial charge in [0.1, 0.15) is 0 Å². The van der Waals surface area contributed by atoms with Crippen LogP contribution in [0, 0.1) is 6.92 Å². The molecule has 1 aliphatic rings. The molecule has 0 bridgehead atoms. The molecule has 0 aliphatic heterocycles. The first kappa shape index (κ1) is 24.3. The zero-order valence-electron chi connectivity index (χ0n) is 23.5. The lowest BCUT2D eigenvalue weighted by molar-refractivity contribution is 0.661. The van der Waals surface area contributed by atoms with Crippen molar-refractivity contribution >= 4 is 31.5 Å². The summed E-state index contributed by atoms with van der Waals surface area (Å²) in [5.41, 5.74) is 14.4. The van der Waals surface area contributed by atoms with E-state index < -0.39 is 0 Å². The van der Waals surface area contributed by atoms with Crippen LogP contribution in [0.1, 0.15) is 30.5 Å². The molecule has 0 unspecified atom stereocenters. The van der Waals surface area contributed by atoms with E-state index in [2.05, 4.69) is 148 Å². The zero-order valence-corrected chi connectivity index (χ0v) is 24.3. The van der Waals surface area contributed by atoms with Gasteiger partial charge in [0, 0.05) is 25.6 Å². The molecule has 6 aromatic carbocycles. The van der Waals surface area contributed by atoms with Gasteiger partial charge in [-0.15, -0.1) is 11.3 Å². The first-order valence-electron chi connectivity index (χ1n) is 14.3. The number of hydrogen-bond acceptors (Lipinski definition) is 1. The van der Waals surface area contributed by atoms with Crippen molar-refractivity contribution in [3.05, 3.63) is 144 Å². The Balaban J connectivity index is 1.15. The van der Waals surface area contributed by atoms with Crippen molar-refractivity contribution in [2.45, 2.75) is 26.2 Å². The number of fused-ring (bicyclic) bond motifs is 6. The van der Waals surface area contributed by atoms with Crippen molar-refractivity contribution in [1.82, 2.24) is 0 Å². The number of thiophene rings is 1. The van der Waals surface area contributed by atoms with Crippen LogP contribution < -0.4 is 0 Å². The van der Waals surface area contributed by atoms with E-state index in [1.807, 2.05) is 11.3 Å². The lowest BCUT2D eigenvalue weighted by Gasteiger charge is -2.22. The number of rotatable bonds is 3. The summed E-state index contributed by atoms with van der Waals surface area (Å²) in [4.78, 5) is 0. The Morgan fingerprint density at radius 2 is 0.902 bits per heavy atom. The highest BCUT2D eigenvalue weighted by molar-refractivity contribution is 7.25. The minimum absolute atomic E-state index is 0.0692. The van der Waals surface area contributed by atoms with Crippen LogP contribution in [0.5, 0.6) is 0 Å². The molecule has 0 N–H and O–H groups in total. The molecule has 7 aromatic rings. The summed E-state index contributed by atoms with van der Waals surface area (Å²) in [5.74, 6) is 0. The minimum Gasteiger partial charge on any atom is -0.135 e. The third-order valence-corrected chi connectivity index (χ3v) is 10.1. The fourth-order valence-corrected chi connectivity index (χ4v) is 7.75. The van der Waals surface area contributed by atoms with Gasteiger partial charge < -0.3 is 0 Å². The van der Waals surface area contributed by atoms with Crippen LogP contribution in [-0.2, 0) is 5.41 Å². The van der Waals surface area contributed by atoms with Gasteiger partial charge in [0.2, 0.25) is 0 Å². The third-order valence-electron chi connectivity index (χ3n) is 8.99. The van der Waals surface area contributed by atoms with Crippen LogP contribution in [0.15, 0.2) is 127 Å². The van der Waals surface area contributed by atoms with E-state index in [0.717, 1.165) is 0 Å². The molecule has 0 spiro atoms. The smallest absolute Gasteiger partial charge is 0.0361 e. The van der Waals surface area contributed by atoms with Crippen molar-refractivity contribution in [3.8, 4) is 44.5 Å².